The monoisotopic (exact) mass is 404 g/mol. The van der Waals surface area contributed by atoms with E-state index in [1.165, 1.54) is 12.7 Å². The van der Waals surface area contributed by atoms with Gasteiger partial charge < -0.3 is 14.4 Å². The first kappa shape index (κ1) is 25.6. The van der Waals surface area contributed by atoms with Crippen LogP contribution in [0.2, 0.25) is 0 Å². The normalized spacial score (nSPS) is 13.6. The zero-order valence-electron chi connectivity index (χ0n) is 17.0. The Hall–Kier alpha value is -1.40. The maximum atomic E-state index is 12.5. The van der Waals surface area contributed by atoms with E-state index in [2.05, 4.69) is 4.74 Å². The Morgan fingerprint density at radius 3 is 2.07 bits per heavy atom. The molecular formula is C19H33O7P. The van der Waals surface area contributed by atoms with Gasteiger partial charge in [0.25, 0.3) is 0 Å². The number of methoxy groups -OCH3 is 1. The van der Waals surface area contributed by atoms with Crippen molar-refractivity contribution in [2.75, 3.05) is 26.9 Å². The maximum Gasteiger partial charge on any atom is 0.529 e. The number of ether oxygens (including phenoxy) is 1. The van der Waals surface area contributed by atoms with Crippen LogP contribution in [0.15, 0.2) is 35.1 Å². The Bertz CT molecular complexity index is 569. The van der Waals surface area contributed by atoms with E-state index in [9.17, 15) is 9.36 Å². The summed E-state index contributed by atoms with van der Waals surface area (Å²) in [7, 11) is -2.51. The van der Waals surface area contributed by atoms with Crippen molar-refractivity contribution >= 4 is 13.8 Å². The van der Waals surface area contributed by atoms with Gasteiger partial charge in [-0.05, 0) is 47.0 Å². The molecule has 0 spiro atoms. The fourth-order valence-electron chi connectivity index (χ4n) is 2.06. The van der Waals surface area contributed by atoms with E-state index >= 15 is 0 Å². The summed E-state index contributed by atoms with van der Waals surface area (Å²) in [6.45, 7) is 7.63. The molecule has 0 fully saturated rings. The first-order chi connectivity index (χ1) is 12.8. The van der Waals surface area contributed by atoms with Crippen LogP contribution in [0, 0.1) is 0 Å². The number of aliphatic hydroxyl groups excluding tert-OH is 1. The number of allylic oxidation sites excluding steroid dienone is 4. The Balaban J connectivity index is 4.93. The van der Waals surface area contributed by atoms with E-state index in [1.54, 1.807) is 13.8 Å². The van der Waals surface area contributed by atoms with Gasteiger partial charge in [0.05, 0.1) is 33.0 Å². The molecule has 7 nitrogen and oxygen atoms in total. The van der Waals surface area contributed by atoms with Gasteiger partial charge in [0.2, 0.25) is 0 Å². The summed E-state index contributed by atoms with van der Waals surface area (Å²) >= 11 is 0. The highest BCUT2D eigenvalue weighted by atomic mass is 31.2. The van der Waals surface area contributed by atoms with Crippen LogP contribution in [0.5, 0.6) is 0 Å². The fraction of sp³-hybridized carbons (Fsp3) is 0.632. The summed E-state index contributed by atoms with van der Waals surface area (Å²) in [5.41, 5.74) is 2.12. The molecule has 1 N–H and O–H groups in total. The minimum atomic E-state index is -3.77. The van der Waals surface area contributed by atoms with Crippen LogP contribution >= 0.6 is 7.82 Å². The molecule has 27 heavy (non-hydrogen) atoms. The van der Waals surface area contributed by atoms with E-state index in [-0.39, 0.29) is 25.6 Å². The summed E-state index contributed by atoms with van der Waals surface area (Å²) in [6, 6.07) is 0. The third-order valence-electron chi connectivity index (χ3n) is 3.45. The molecule has 0 rings (SSSR count). The second-order valence-corrected chi connectivity index (χ2v) is 7.44. The van der Waals surface area contributed by atoms with Crippen LogP contribution in [0.3, 0.4) is 0 Å². The number of hydrogen-bond acceptors (Lipinski definition) is 7. The zero-order valence-corrected chi connectivity index (χ0v) is 17.9. The van der Waals surface area contributed by atoms with Crippen molar-refractivity contribution in [3.05, 3.63) is 35.1 Å². The third kappa shape index (κ3) is 12.6. The molecule has 0 heterocycles. The van der Waals surface area contributed by atoms with Crippen molar-refractivity contribution < 1.29 is 32.8 Å². The van der Waals surface area contributed by atoms with Gasteiger partial charge in [0, 0.05) is 6.42 Å². The van der Waals surface area contributed by atoms with Gasteiger partial charge in [0.15, 0.2) is 0 Å². The molecule has 0 aromatic heterocycles. The molecule has 0 amide bonds. The largest absolute Gasteiger partial charge is 0.529 e. The number of esters is 1. The molecule has 0 aliphatic heterocycles. The topological polar surface area (TPSA) is 91.3 Å². The van der Waals surface area contributed by atoms with E-state index in [4.69, 9.17) is 18.7 Å². The lowest BCUT2D eigenvalue weighted by Crippen LogP contribution is -2.03. The minimum absolute atomic E-state index is 0.0709. The summed E-state index contributed by atoms with van der Waals surface area (Å²) in [4.78, 5) is 11.6. The Morgan fingerprint density at radius 1 is 1.00 bits per heavy atom. The molecule has 156 valence electrons. The SMILES string of the molecule is CCOP(=O)(OCC)O/C(=C\C(=O)OC)CC/C=C(\C)CC/C=C(\C)CO. The minimum Gasteiger partial charge on any atom is -0.466 e. The molecule has 0 atom stereocenters. The van der Waals surface area contributed by atoms with Crippen molar-refractivity contribution in [3.63, 3.8) is 0 Å². The molecule has 0 aliphatic rings. The van der Waals surface area contributed by atoms with Crippen molar-refractivity contribution in [2.24, 2.45) is 0 Å². The molecule has 0 saturated heterocycles. The van der Waals surface area contributed by atoms with Crippen LogP contribution < -0.4 is 0 Å². The molecule has 0 aliphatic carbocycles. The Labute approximate surface area is 162 Å². The molecule has 0 unspecified atom stereocenters. The van der Waals surface area contributed by atoms with E-state index in [0.717, 1.165) is 24.5 Å². The van der Waals surface area contributed by atoms with Crippen LogP contribution in [0.4, 0.5) is 0 Å². The molecule has 0 aromatic carbocycles. The van der Waals surface area contributed by atoms with Gasteiger partial charge in [-0.2, -0.15) is 0 Å². The number of carbonyl (C=O) groups is 1. The van der Waals surface area contributed by atoms with Crippen LogP contribution in [-0.4, -0.2) is 38.0 Å². The lowest BCUT2D eigenvalue weighted by Gasteiger charge is -2.18. The van der Waals surface area contributed by atoms with Crippen molar-refractivity contribution in [2.45, 2.75) is 53.4 Å². The van der Waals surface area contributed by atoms with Crippen molar-refractivity contribution in [1.29, 1.82) is 0 Å². The van der Waals surface area contributed by atoms with Gasteiger partial charge >= 0.3 is 13.8 Å². The Morgan fingerprint density at radius 2 is 1.56 bits per heavy atom. The number of hydrogen-bond donors (Lipinski definition) is 1. The summed E-state index contributed by atoms with van der Waals surface area (Å²) in [5.74, 6) is -0.415. The highest BCUT2D eigenvalue weighted by Crippen LogP contribution is 2.51. The number of carbonyl (C=O) groups excluding carboxylic acids is 1. The fourth-order valence-corrected chi connectivity index (χ4v) is 3.30. The predicted molar refractivity (Wildman–Crippen MR) is 105 cm³/mol. The lowest BCUT2D eigenvalue weighted by atomic mass is 10.1. The average molecular weight is 404 g/mol. The van der Waals surface area contributed by atoms with Gasteiger partial charge in [-0.15, -0.1) is 0 Å². The van der Waals surface area contributed by atoms with E-state index < -0.39 is 13.8 Å². The molecular weight excluding hydrogens is 371 g/mol. The summed E-state index contributed by atoms with van der Waals surface area (Å²) in [6.07, 6.45) is 7.84. The smallest absolute Gasteiger partial charge is 0.466 e. The van der Waals surface area contributed by atoms with Gasteiger partial charge in [-0.25, -0.2) is 9.36 Å². The quantitative estimate of drug-likeness (QED) is 0.148. The number of rotatable bonds is 14. The van der Waals surface area contributed by atoms with Crippen molar-refractivity contribution in [1.82, 2.24) is 0 Å². The maximum absolute atomic E-state index is 12.5. The van der Waals surface area contributed by atoms with Gasteiger partial charge in [-0.1, -0.05) is 23.3 Å². The second-order valence-electron chi connectivity index (χ2n) is 5.84. The van der Waals surface area contributed by atoms with Crippen molar-refractivity contribution in [3.8, 4) is 0 Å². The first-order valence-corrected chi connectivity index (χ1v) is 10.6. The highest BCUT2D eigenvalue weighted by molar-refractivity contribution is 7.48. The Kier molecular flexibility index (Phi) is 13.9. The number of phosphoric ester groups is 1. The second kappa shape index (κ2) is 14.6. The zero-order chi connectivity index (χ0) is 20.7. The van der Waals surface area contributed by atoms with E-state index in [1.807, 2.05) is 26.0 Å². The van der Waals surface area contributed by atoms with E-state index in [0.29, 0.717) is 12.8 Å². The average Bonchev–Trinajstić information content (AvgIpc) is 2.61. The molecule has 0 radical (unpaired) electrons. The first-order valence-electron chi connectivity index (χ1n) is 9.09. The molecule has 0 saturated carbocycles. The van der Waals surface area contributed by atoms with Crippen LogP contribution in [-0.2, 0) is 27.7 Å². The molecule has 0 bridgehead atoms. The standard InChI is InChI=1S/C19H33O7P/c1-6-24-27(22,25-7-2)26-18(14-19(21)23-5)13-9-11-16(3)10-8-12-17(4)15-20/h11-12,14,20H,6-10,13,15H2,1-5H3/b16-11+,17-12+,18-14-. The number of aliphatic hydroxyl groups is 1. The van der Waals surface area contributed by atoms with Crippen LogP contribution in [0.25, 0.3) is 0 Å². The van der Waals surface area contributed by atoms with Crippen LogP contribution in [0.1, 0.15) is 53.4 Å². The predicted octanol–water partition coefficient (Wildman–Crippen LogP) is 4.69. The summed E-state index contributed by atoms with van der Waals surface area (Å²) < 4.78 is 32.8. The van der Waals surface area contributed by atoms with Gasteiger partial charge in [0.1, 0.15) is 5.76 Å². The van der Waals surface area contributed by atoms with Gasteiger partial charge in [-0.3, -0.25) is 9.05 Å². The highest BCUT2D eigenvalue weighted by Gasteiger charge is 2.28. The molecule has 0 aromatic rings. The lowest BCUT2D eigenvalue weighted by molar-refractivity contribution is -0.135. The third-order valence-corrected chi connectivity index (χ3v) is 5.05. The summed E-state index contributed by atoms with van der Waals surface area (Å²) in [5, 5.41) is 8.98. The number of phosphoric acid groups is 1. The molecule has 8 heteroatoms.